The zero-order valence-electron chi connectivity index (χ0n) is 11.1. The summed E-state index contributed by atoms with van der Waals surface area (Å²) in [5, 5.41) is 9.60. The van der Waals surface area contributed by atoms with Crippen molar-refractivity contribution in [3.63, 3.8) is 0 Å². The van der Waals surface area contributed by atoms with Gasteiger partial charge in [0.25, 0.3) is 0 Å². The van der Waals surface area contributed by atoms with Gasteiger partial charge in [0.05, 0.1) is 11.0 Å². The molecule has 1 aliphatic heterocycles. The van der Waals surface area contributed by atoms with Gasteiger partial charge in [-0.25, -0.2) is 0 Å². The number of furan rings is 1. The Morgan fingerprint density at radius 3 is 2.81 bits per heavy atom. The molecule has 1 aromatic heterocycles. The maximum atomic E-state index is 11.7. The van der Waals surface area contributed by atoms with Crippen molar-refractivity contribution in [2.45, 2.75) is 19.0 Å². The highest BCUT2D eigenvalue weighted by Crippen LogP contribution is 2.33. The van der Waals surface area contributed by atoms with Crippen molar-refractivity contribution in [3.8, 4) is 0 Å². The molecule has 110 valence electrons. The third-order valence-corrected chi connectivity index (χ3v) is 5.38. The minimum atomic E-state index is -0.827. The van der Waals surface area contributed by atoms with Gasteiger partial charge >= 0.3 is 5.97 Å². The van der Waals surface area contributed by atoms with E-state index in [0.717, 1.165) is 27.8 Å². The van der Waals surface area contributed by atoms with Crippen molar-refractivity contribution < 1.29 is 14.3 Å². The normalized spacial score (nSPS) is 18.5. The molecular weight excluding hydrogens is 402 g/mol. The minimum absolute atomic E-state index is 0.468. The number of benzene rings is 1. The van der Waals surface area contributed by atoms with Crippen LogP contribution in [0, 0.1) is 0 Å². The summed E-state index contributed by atoms with van der Waals surface area (Å²) in [5.74, 6) is -0.0915. The van der Waals surface area contributed by atoms with E-state index < -0.39 is 12.0 Å². The first-order chi connectivity index (χ1) is 10.1. The molecule has 4 nitrogen and oxygen atoms in total. The molecule has 0 saturated carbocycles. The summed E-state index contributed by atoms with van der Waals surface area (Å²) in [6.07, 6.45) is 0.850. The van der Waals surface area contributed by atoms with E-state index in [-0.39, 0.29) is 0 Å². The minimum Gasteiger partial charge on any atom is -0.480 e. The van der Waals surface area contributed by atoms with Crippen LogP contribution in [0.2, 0.25) is 0 Å². The summed E-state index contributed by atoms with van der Waals surface area (Å²) in [5.41, 5.74) is 1.99. The van der Waals surface area contributed by atoms with Gasteiger partial charge in [0.2, 0.25) is 0 Å². The monoisotopic (exact) mass is 413 g/mol. The molecule has 1 unspecified atom stereocenters. The molecule has 0 fully saturated rings. The van der Waals surface area contributed by atoms with Crippen LogP contribution in [0.3, 0.4) is 0 Å². The molecule has 0 amide bonds. The lowest BCUT2D eigenvalue weighted by atomic mass is 9.92. The molecule has 0 radical (unpaired) electrons. The Bertz CT molecular complexity index is 664. The van der Waals surface area contributed by atoms with Crippen LogP contribution in [0.5, 0.6) is 0 Å². The Balaban J connectivity index is 1.90. The van der Waals surface area contributed by atoms with Gasteiger partial charge in [-0.2, -0.15) is 0 Å². The maximum Gasteiger partial charge on any atom is 0.325 e. The molecule has 21 heavy (non-hydrogen) atoms. The second-order valence-electron chi connectivity index (χ2n) is 4.99. The molecule has 3 rings (SSSR count). The van der Waals surface area contributed by atoms with Crippen molar-refractivity contribution in [2.75, 3.05) is 6.54 Å². The molecule has 2 heterocycles. The molecule has 0 aliphatic carbocycles. The number of halogens is 2. The van der Waals surface area contributed by atoms with Crippen LogP contribution in [-0.2, 0) is 17.8 Å². The van der Waals surface area contributed by atoms with E-state index in [2.05, 4.69) is 31.9 Å². The second kappa shape index (κ2) is 5.94. The molecule has 1 N–H and O–H groups in total. The molecule has 1 atom stereocenters. The van der Waals surface area contributed by atoms with Crippen LogP contribution >= 0.6 is 31.9 Å². The average molecular weight is 415 g/mol. The Labute approximate surface area is 139 Å². The lowest BCUT2D eigenvalue weighted by molar-refractivity contribution is -0.144. The third-order valence-electron chi connectivity index (χ3n) is 3.67. The van der Waals surface area contributed by atoms with Gasteiger partial charge in [-0.1, -0.05) is 24.3 Å². The average Bonchev–Trinajstić information content (AvgIpc) is 2.76. The SMILES string of the molecule is O=C(O)C1c2ccccc2CCN1Cc1cc(Br)c(Br)o1. The first kappa shape index (κ1) is 14.8. The highest BCUT2D eigenvalue weighted by molar-refractivity contribution is 9.13. The van der Waals surface area contributed by atoms with Crippen molar-refractivity contribution in [1.82, 2.24) is 4.90 Å². The van der Waals surface area contributed by atoms with E-state index >= 15 is 0 Å². The number of nitrogens with zero attached hydrogens (tertiary/aromatic N) is 1. The molecule has 6 heteroatoms. The van der Waals surface area contributed by atoms with Gasteiger partial charge < -0.3 is 9.52 Å². The summed E-state index contributed by atoms with van der Waals surface area (Å²) < 4.78 is 7.03. The Morgan fingerprint density at radius 2 is 2.14 bits per heavy atom. The number of hydrogen-bond donors (Lipinski definition) is 1. The smallest absolute Gasteiger partial charge is 0.325 e. The van der Waals surface area contributed by atoms with Crippen LogP contribution in [0.25, 0.3) is 0 Å². The maximum absolute atomic E-state index is 11.7. The third kappa shape index (κ3) is 2.93. The van der Waals surface area contributed by atoms with Gasteiger partial charge in [0.15, 0.2) is 4.67 Å². The zero-order valence-corrected chi connectivity index (χ0v) is 14.2. The number of aliphatic carboxylic acids is 1. The predicted octanol–water partition coefficient (Wildman–Crippen LogP) is 3.99. The van der Waals surface area contributed by atoms with E-state index in [1.807, 2.05) is 35.2 Å². The van der Waals surface area contributed by atoms with Gasteiger partial charge in [-0.3, -0.25) is 9.69 Å². The van der Waals surface area contributed by atoms with Crippen molar-refractivity contribution >= 4 is 37.8 Å². The Kier molecular flexibility index (Phi) is 4.19. The van der Waals surface area contributed by atoms with Crippen LogP contribution in [0.15, 0.2) is 43.9 Å². The fraction of sp³-hybridized carbons (Fsp3) is 0.267. The molecular formula is C15H13Br2NO3. The number of fused-ring (bicyclic) bond motifs is 1. The lowest BCUT2D eigenvalue weighted by Crippen LogP contribution is -2.39. The van der Waals surface area contributed by atoms with Crippen LogP contribution in [0.1, 0.15) is 22.9 Å². The Hall–Kier alpha value is -1.11. The zero-order chi connectivity index (χ0) is 15.0. The molecule has 0 bridgehead atoms. The van der Waals surface area contributed by atoms with E-state index in [9.17, 15) is 9.90 Å². The number of carboxylic acid groups (broad SMARTS) is 1. The number of hydrogen-bond acceptors (Lipinski definition) is 3. The molecule has 1 aliphatic rings. The van der Waals surface area contributed by atoms with Gasteiger partial charge in [0, 0.05) is 6.54 Å². The van der Waals surface area contributed by atoms with Gasteiger partial charge in [0.1, 0.15) is 11.8 Å². The summed E-state index contributed by atoms with van der Waals surface area (Å²) in [6, 6.07) is 8.98. The summed E-state index contributed by atoms with van der Waals surface area (Å²) >= 11 is 6.68. The molecule has 0 spiro atoms. The highest BCUT2D eigenvalue weighted by Gasteiger charge is 2.33. The topological polar surface area (TPSA) is 53.7 Å². The number of carbonyl (C=O) groups is 1. The number of carboxylic acids is 1. The largest absolute Gasteiger partial charge is 0.480 e. The van der Waals surface area contributed by atoms with Gasteiger partial charge in [-0.15, -0.1) is 0 Å². The molecule has 2 aromatic rings. The Morgan fingerprint density at radius 1 is 1.38 bits per heavy atom. The van der Waals surface area contributed by atoms with E-state index in [0.29, 0.717) is 17.8 Å². The summed E-state index contributed by atoms with van der Waals surface area (Å²) in [7, 11) is 0. The first-order valence-corrected chi connectivity index (χ1v) is 8.13. The van der Waals surface area contributed by atoms with Crippen LogP contribution in [0.4, 0.5) is 0 Å². The summed E-state index contributed by atoms with van der Waals surface area (Å²) in [4.78, 5) is 13.6. The summed E-state index contributed by atoms with van der Waals surface area (Å²) in [6.45, 7) is 1.17. The van der Waals surface area contributed by atoms with Crippen LogP contribution < -0.4 is 0 Å². The predicted molar refractivity (Wildman–Crippen MR) is 85.0 cm³/mol. The molecule has 0 saturated heterocycles. The van der Waals surface area contributed by atoms with E-state index in [1.165, 1.54) is 0 Å². The first-order valence-electron chi connectivity index (χ1n) is 6.54. The van der Waals surface area contributed by atoms with Crippen LogP contribution in [-0.4, -0.2) is 22.5 Å². The fourth-order valence-electron chi connectivity index (χ4n) is 2.75. The van der Waals surface area contributed by atoms with Crippen molar-refractivity contribution in [2.24, 2.45) is 0 Å². The highest BCUT2D eigenvalue weighted by atomic mass is 79.9. The van der Waals surface area contributed by atoms with E-state index in [1.54, 1.807) is 0 Å². The molecule has 1 aromatic carbocycles. The van der Waals surface area contributed by atoms with Crippen molar-refractivity contribution in [1.29, 1.82) is 0 Å². The lowest BCUT2D eigenvalue weighted by Gasteiger charge is -2.34. The van der Waals surface area contributed by atoms with E-state index in [4.69, 9.17) is 4.42 Å². The van der Waals surface area contributed by atoms with Gasteiger partial charge in [-0.05, 0) is 55.5 Å². The number of rotatable bonds is 3. The quantitative estimate of drug-likeness (QED) is 0.824. The fourth-order valence-corrected chi connectivity index (χ4v) is 3.41. The second-order valence-corrected chi connectivity index (χ2v) is 6.57. The van der Waals surface area contributed by atoms with Crippen molar-refractivity contribution in [3.05, 3.63) is 56.4 Å². The standard InChI is InChI=1S/C15H13Br2NO3/c16-12-7-10(21-14(12)17)8-18-6-5-9-3-1-2-4-11(9)13(18)15(19)20/h1-4,7,13H,5-6,8H2,(H,19,20).